The van der Waals surface area contributed by atoms with Crippen molar-refractivity contribution < 1.29 is 13.2 Å². The third-order valence-electron chi connectivity index (χ3n) is 4.86. The molecule has 0 amide bonds. The first-order valence-electron chi connectivity index (χ1n) is 8.12. The van der Waals surface area contributed by atoms with Crippen LogP contribution in [0.5, 0.6) is 0 Å². The van der Waals surface area contributed by atoms with Crippen LogP contribution in [-0.2, 0) is 14.9 Å². The number of piperidine rings is 1. The van der Waals surface area contributed by atoms with Gasteiger partial charge in [0.25, 0.3) is 10.2 Å². The van der Waals surface area contributed by atoms with Crippen molar-refractivity contribution in [2.45, 2.75) is 18.5 Å². The Kier molecular flexibility index (Phi) is 5.33. The molecule has 0 radical (unpaired) electrons. The normalized spacial score (nSPS) is 33.9. The Morgan fingerprint density at radius 1 is 1.00 bits per heavy atom. The third kappa shape index (κ3) is 3.45. The highest BCUT2D eigenvalue weighted by Crippen LogP contribution is 2.18. The van der Waals surface area contributed by atoms with E-state index in [0.717, 1.165) is 32.6 Å². The van der Waals surface area contributed by atoms with Crippen molar-refractivity contribution >= 4 is 10.2 Å². The Morgan fingerprint density at radius 3 is 2.27 bits per heavy atom. The molecule has 0 saturated carbocycles. The summed E-state index contributed by atoms with van der Waals surface area (Å²) in [6.07, 6.45) is 1.04. The topological polar surface area (TPSA) is 91.1 Å². The molecule has 2 unspecified atom stereocenters. The zero-order chi connectivity index (χ0) is 15.6. The smallest absolute Gasteiger partial charge is 0.282 e. The van der Waals surface area contributed by atoms with Crippen LogP contribution in [0, 0.1) is 0 Å². The molecule has 3 fully saturated rings. The lowest BCUT2D eigenvalue weighted by Crippen LogP contribution is -2.62. The lowest BCUT2D eigenvalue weighted by atomic mass is 9.99. The van der Waals surface area contributed by atoms with Gasteiger partial charge in [0, 0.05) is 57.9 Å². The van der Waals surface area contributed by atoms with Gasteiger partial charge < -0.3 is 15.8 Å². The van der Waals surface area contributed by atoms with E-state index in [-0.39, 0.29) is 6.04 Å². The molecule has 128 valence electrons. The lowest BCUT2D eigenvalue weighted by Gasteiger charge is -2.43. The molecule has 22 heavy (non-hydrogen) atoms. The summed E-state index contributed by atoms with van der Waals surface area (Å²) in [7, 11) is -3.34. The van der Waals surface area contributed by atoms with E-state index in [1.807, 2.05) is 0 Å². The number of hydrogen-bond acceptors (Lipinski definition) is 6. The molecule has 3 aliphatic rings. The fourth-order valence-electron chi connectivity index (χ4n) is 3.53. The maximum atomic E-state index is 12.6. The highest BCUT2D eigenvalue weighted by atomic mass is 32.2. The maximum Gasteiger partial charge on any atom is 0.282 e. The second kappa shape index (κ2) is 7.08. The standard InChI is InChI=1S/C13H27N5O3S/c14-12-11-15-2-1-13(12)16-3-5-17(6-4-16)22(19,20)18-7-9-21-10-8-18/h12-13,15H,1-11,14H2. The molecule has 9 heteroatoms. The summed E-state index contributed by atoms with van der Waals surface area (Å²) in [4.78, 5) is 2.36. The number of morpholine rings is 1. The Balaban J connectivity index is 1.56. The lowest BCUT2D eigenvalue weighted by molar-refractivity contribution is 0.0653. The van der Waals surface area contributed by atoms with Crippen molar-refractivity contribution in [1.29, 1.82) is 0 Å². The molecule has 3 saturated heterocycles. The van der Waals surface area contributed by atoms with Gasteiger partial charge in [-0.25, -0.2) is 0 Å². The highest BCUT2D eigenvalue weighted by molar-refractivity contribution is 7.86. The Morgan fingerprint density at radius 2 is 1.64 bits per heavy atom. The van der Waals surface area contributed by atoms with E-state index in [4.69, 9.17) is 10.5 Å². The monoisotopic (exact) mass is 333 g/mol. The van der Waals surface area contributed by atoms with Gasteiger partial charge in [0.2, 0.25) is 0 Å². The summed E-state index contributed by atoms with van der Waals surface area (Å²) in [6.45, 7) is 6.37. The van der Waals surface area contributed by atoms with Crippen LogP contribution in [0.4, 0.5) is 0 Å². The molecule has 8 nitrogen and oxygen atoms in total. The molecule has 3 rings (SSSR count). The van der Waals surface area contributed by atoms with Crippen molar-refractivity contribution in [3.63, 3.8) is 0 Å². The van der Waals surface area contributed by atoms with Crippen LogP contribution >= 0.6 is 0 Å². The minimum atomic E-state index is -3.34. The average Bonchev–Trinajstić information content (AvgIpc) is 2.56. The molecule has 0 aliphatic carbocycles. The van der Waals surface area contributed by atoms with Gasteiger partial charge in [-0.3, -0.25) is 4.90 Å². The minimum Gasteiger partial charge on any atom is -0.379 e. The summed E-state index contributed by atoms with van der Waals surface area (Å²) in [5, 5.41) is 3.30. The fourth-order valence-corrected chi connectivity index (χ4v) is 5.09. The molecular formula is C13H27N5O3S. The number of rotatable bonds is 3. The van der Waals surface area contributed by atoms with E-state index >= 15 is 0 Å². The van der Waals surface area contributed by atoms with E-state index in [2.05, 4.69) is 10.2 Å². The molecule has 0 aromatic carbocycles. The van der Waals surface area contributed by atoms with Crippen LogP contribution in [0.25, 0.3) is 0 Å². The second-order valence-corrected chi connectivity index (χ2v) is 8.11. The zero-order valence-corrected chi connectivity index (χ0v) is 13.8. The van der Waals surface area contributed by atoms with Crippen molar-refractivity contribution in [3.05, 3.63) is 0 Å². The molecule has 0 spiro atoms. The zero-order valence-electron chi connectivity index (χ0n) is 13.0. The molecule has 0 aromatic heterocycles. The predicted octanol–water partition coefficient (Wildman–Crippen LogP) is -2.13. The predicted molar refractivity (Wildman–Crippen MR) is 83.7 cm³/mol. The van der Waals surface area contributed by atoms with Crippen LogP contribution in [0.3, 0.4) is 0 Å². The van der Waals surface area contributed by atoms with Crippen LogP contribution in [0.15, 0.2) is 0 Å². The number of piperazine rings is 1. The van der Waals surface area contributed by atoms with E-state index in [1.54, 1.807) is 8.61 Å². The summed E-state index contributed by atoms with van der Waals surface area (Å²) in [5.41, 5.74) is 6.19. The van der Waals surface area contributed by atoms with Gasteiger partial charge in [0.05, 0.1) is 13.2 Å². The molecular weight excluding hydrogens is 306 g/mol. The van der Waals surface area contributed by atoms with Crippen molar-refractivity contribution in [3.8, 4) is 0 Å². The van der Waals surface area contributed by atoms with Crippen LogP contribution < -0.4 is 11.1 Å². The molecule has 3 heterocycles. The Hall–Kier alpha value is -0.290. The van der Waals surface area contributed by atoms with Crippen LogP contribution in [0.1, 0.15) is 6.42 Å². The average molecular weight is 333 g/mol. The van der Waals surface area contributed by atoms with Gasteiger partial charge in [0.1, 0.15) is 0 Å². The summed E-state index contributed by atoms with van der Waals surface area (Å²) in [5.74, 6) is 0. The largest absolute Gasteiger partial charge is 0.379 e. The van der Waals surface area contributed by atoms with Gasteiger partial charge in [-0.1, -0.05) is 0 Å². The highest BCUT2D eigenvalue weighted by Gasteiger charge is 2.36. The number of nitrogens with two attached hydrogens (primary N) is 1. The Bertz CT molecular complexity index is 460. The van der Waals surface area contributed by atoms with Gasteiger partial charge in [-0.15, -0.1) is 0 Å². The van der Waals surface area contributed by atoms with E-state index < -0.39 is 10.2 Å². The van der Waals surface area contributed by atoms with Crippen LogP contribution in [-0.4, -0.2) is 99.6 Å². The van der Waals surface area contributed by atoms with Crippen molar-refractivity contribution in [2.75, 3.05) is 65.6 Å². The van der Waals surface area contributed by atoms with Crippen molar-refractivity contribution in [2.24, 2.45) is 5.73 Å². The molecule has 3 aliphatic heterocycles. The minimum absolute atomic E-state index is 0.135. The number of ether oxygens (including phenoxy) is 1. The van der Waals surface area contributed by atoms with E-state index in [1.165, 1.54) is 0 Å². The van der Waals surface area contributed by atoms with Crippen LogP contribution in [0.2, 0.25) is 0 Å². The number of nitrogens with one attached hydrogen (secondary N) is 1. The number of hydrogen-bond donors (Lipinski definition) is 2. The summed E-state index contributed by atoms with van der Waals surface area (Å²) >= 11 is 0. The van der Waals surface area contributed by atoms with Gasteiger partial charge in [-0.2, -0.15) is 17.0 Å². The first-order chi connectivity index (χ1) is 10.6. The molecule has 0 aromatic rings. The maximum absolute atomic E-state index is 12.6. The Labute approximate surface area is 132 Å². The van der Waals surface area contributed by atoms with Gasteiger partial charge >= 0.3 is 0 Å². The summed E-state index contributed by atoms with van der Waals surface area (Å²) in [6, 6.07) is 0.505. The van der Waals surface area contributed by atoms with Gasteiger partial charge in [0.15, 0.2) is 0 Å². The quantitative estimate of drug-likeness (QED) is 0.613. The molecule has 2 atom stereocenters. The SMILES string of the molecule is NC1CNCCC1N1CCN(S(=O)(=O)N2CCOCC2)CC1. The molecule has 0 bridgehead atoms. The number of nitrogens with zero attached hydrogens (tertiary/aromatic N) is 3. The summed E-state index contributed by atoms with van der Waals surface area (Å²) < 4.78 is 33.7. The van der Waals surface area contributed by atoms with E-state index in [0.29, 0.717) is 45.4 Å². The van der Waals surface area contributed by atoms with Crippen molar-refractivity contribution in [1.82, 2.24) is 18.8 Å². The first-order valence-corrected chi connectivity index (χ1v) is 9.52. The van der Waals surface area contributed by atoms with E-state index in [9.17, 15) is 8.42 Å². The van der Waals surface area contributed by atoms with Gasteiger partial charge in [-0.05, 0) is 13.0 Å². The third-order valence-corrected chi connectivity index (χ3v) is 6.89. The fraction of sp³-hybridized carbons (Fsp3) is 1.00. The second-order valence-electron chi connectivity index (χ2n) is 6.18. The first kappa shape index (κ1) is 16.6. The molecule has 3 N–H and O–H groups in total.